The molecule has 2 saturated heterocycles. The van der Waals surface area contributed by atoms with Crippen LogP contribution >= 0.6 is 0 Å². The zero-order valence-electron chi connectivity index (χ0n) is 24.7. The van der Waals surface area contributed by atoms with Crippen LogP contribution in [-0.4, -0.2) is 61.2 Å². The molecule has 2 fully saturated rings. The number of nitrogens with one attached hydrogen (secondary N) is 1. The first-order valence-electron chi connectivity index (χ1n) is 14.7. The number of benzene rings is 2. The zero-order valence-corrected chi connectivity index (χ0v) is 24.7. The lowest BCUT2D eigenvalue weighted by molar-refractivity contribution is -0.144. The van der Waals surface area contributed by atoms with Crippen LogP contribution in [-0.2, 0) is 29.0 Å². The van der Waals surface area contributed by atoms with Crippen LogP contribution in [0.15, 0.2) is 65.5 Å². The predicted molar refractivity (Wildman–Crippen MR) is 161 cm³/mol. The van der Waals surface area contributed by atoms with E-state index in [1.165, 1.54) is 7.11 Å². The summed E-state index contributed by atoms with van der Waals surface area (Å²) in [6.07, 6.45) is 1.77. The molecule has 3 atom stereocenters. The standard InChI is InChI=1S/C33H36N4O6/c1-4-21-8-11-25(12-9-21)37-31(40)33(30(39)34-32(37)41,16-23-10-13-26(42-2)15-28(23)43-3)20-35-17-22-14-24(19-35)27-6-5-7-29(38)36(27)18-22/h5-13,15,22,24H,4,14,16-20H2,1-3H3,(H,34,39,41)/t22?,24-,33?/m1/s1. The molecule has 3 aliphatic heterocycles. The van der Waals surface area contributed by atoms with Crippen molar-refractivity contribution < 1.29 is 23.9 Å². The van der Waals surface area contributed by atoms with Gasteiger partial charge < -0.3 is 18.9 Å². The van der Waals surface area contributed by atoms with Crippen LogP contribution in [0.25, 0.3) is 0 Å². The highest BCUT2D eigenvalue weighted by atomic mass is 16.5. The number of rotatable bonds is 8. The molecule has 2 unspecified atom stereocenters. The van der Waals surface area contributed by atoms with Gasteiger partial charge in [-0.05, 0) is 54.2 Å². The van der Waals surface area contributed by atoms with Crippen LogP contribution < -0.4 is 25.2 Å². The number of hydrogen-bond donors (Lipinski definition) is 1. The Morgan fingerprint density at radius 1 is 0.930 bits per heavy atom. The number of aromatic nitrogens is 1. The number of methoxy groups -OCH3 is 2. The lowest BCUT2D eigenvalue weighted by Crippen LogP contribution is -2.68. The van der Waals surface area contributed by atoms with E-state index in [0.29, 0.717) is 42.4 Å². The number of carbonyl (C=O) groups is 3. The van der Waals surface area contributed by atoms with Crippen LogP contribution in [0.1, 0.15) is 36.1 Å². The van der Waals surface area contributed by atoms with E-state index in [1.807, 2.05) is 29.7 Å². The maximum Gasteiger partial charge on any atom is 0.335 e. The number of aryl methyl sites for hydroxylation is 1. The van der Waals surface area contributed by atoms with Gasteiger partial charge in [0.25, 0.3) is 11.5 Å². The van der Waals surface area contributed by atoms with Crippen LogP contribution in [0.5, 0.6) is 11.5 Å². The van der Waals surface area contributed by atoms with Gasteiger partial charge in [0.05, 0.1) is 19.9 Å². The van der Waals surface area contributed by atoms with E-state index in [1.54, 1.807) is 49.6 Å². The fourth-order valence-corrected chi connectivity index (χ4v) is 6.97. The fraction of sp³-hybridized carbons (Fsp3) is 0.394. The first-order chi connectivity index (χ1) is 20.8. The monoisotopic (exact) mass is 584 g/mol. The van der Waals surface area contributed by atoms with Gasteiger partial charge in [-0.3, -0.25) is 19.7 Å². The molecule has 2 bridgehead atoms. The third-order valence-corrected chi connectivity index (χ3v) is 9.11. The summed E-state index contributed by atoms with van der Waals surface area (Å²) >= 11 is 0. The van der Waals surface area contributed by atoms with E-state index in [-0.39, 0.29) is 30.4 Å². The number of amides is 4. The van der Waals surface area contributed by atoms with Crippen LogP contribution in [0.3, 0.4) is 0 Å². The summed E-state index contributed by atoms with van der Waals surface area (Å²) in [6.45, 7) is 3.94. The van der Waals surface area contributed by atoms with Crippen molar-refractivity contribution in [1.29, 1.82) is 0 Å². The Labute approximate surface area is 250 Å². The number of nitrogens with zero attached hydrogens (tertiary/aromatic N) is 3. The molecule has 10 nitrogen and oxygen atoms in total. The molecule has 4 heterocycles. The van der Waals surface area contributed by atoms with Gasteiger partial charge in [-0.2, -0.15) is 0 Å². The molecule has 4 amide bonds. The van der Waals surface area contributed by atoms with Crippen LogP contribution in [0.4, 0.5) is 10.5 Å². The molecule has 224 valence electrons. The van der Waals surface area contributed by atoms with Crippen molar-refractivity contribution in [3.63, 3.8) is 0 Å². The molecule has 3 aliphatic rings. The summed E-state index contributed by atoms with van der Waals surface area (Å²) < 4.78 is 12.9. The number of anilines is 1. The summed E-state index contributed by atoms with van der Waals surface area (Å²) in [5.41, 5.74) is 1.47. The minimum Gasteiger partial charge on any atom is -0.497 e. The third kappa shape index (κ3) is 5.09. The van der Waals surface area contributed by atoms with Gasteiger partial charge in [-0.25, -0.2) is 9.69 Å². The second-order valence-corrected chi connectivity index (χ2v) is 11.7. The Morgan fingerprint density at radius 2 is 1.72 bits per heavy atom. The molecule has 3 aromatic rings. The molecule has 0 aliphatic carbocycles. The molecule has 1 N–H and O–H groups in total. The second kappa shape index (κ2) is 11.3. The smallest absolute Gasteiger partial charge is 0.335 e. The van der Waals surface area contributed by atoms with Crippen molar-refractivity contribution >= 4 is 23.5 Å². The number of pyridine rings is 1. The SMILES string of the molecule is CCc1ccc(N2C(=O)NC(=O)C(Cc3ccc(OC)cc3OC)(CN3CC4C[C@H](C3)c3cccc(=O)n3C4)C2=O)cc1. The van der Waals surface area contributed by atoms with E-state index in [0.717, 1.165) is 29.0 Å². The van der Waals surface area contributed by atoms with Gasteiger partial charge in [0.1, 0.15) is 16.9 Å². The Kier molecular flexibility index (Phi) is 7.56. The van der Waals surface area contributed by atoms with Gasteiger partial charge >= 0.3 is 6.03 Å². The normalized spacial score (nSPS) is 23.5. The molecular weight excluding hydrogens is 548 g/mol. The Morgan fingerprint density at radius 3 is 2.44 bits per heavy atom. The number of imide groups is 2. The minimum atomic E-state index is -1.62. The summed E-state index contributed by atoms with van der Waals surface area (Å²) in [5, 5.41) is 2.51. The molecule has 0 radical (unpaired) electrons. The van der Waals surface area contributed by atoms with E-state index >= 15 is 0 Å². The summed E-state index contributed by atoms with van der Waals surface area (Å²) in [5.74, 6) is 0.151. The highest BCUT2D eigenvalue weighted by Crippen LogP contribution is 2.40. The molecule has 10 heteroatoms. The van der Waals surface area contributed by atoms with Crippen molar-refractivity contribution in [1.82, 2.24) is 14.8 Å². The van der Waals surface area contributed by atoms with Crippen molar-refractivity contribution in [2.45, 2.75) is 38.6 Å². The van der Waals surface area contributed by atoms with Gasteiger partial charge in [0, 0.05) is 56.3 Å². The predicted octanol–water partition coefficient (Wildman–Crippen LogP) is 3.36. The zero-order chi connectivity index (χ0) is 30.3. The summed E-state index contributed by atoms with van der Waals surface area (Å²) in [6, 6.07) is 17.1. The van der Waals surface area contributed by atoms with Crippen molar-refractivity contribution in [3.8, 4) is 11.5 Å². The Balaban J connectivity index is 1.40. The first kappa shape index (κ1) is 28.7. The number of fused-ring (bicyclic) bond motifs is 4. The van der Waals surface area contributed by atoms with Crippen LogP contribution in [0.2, 0.25) is 0 Å². The Hall–Kier alpha value is -4.44. The van der Waals surface area contributed by atoms with E-state index in [2.05, 4.69) is 10.2 Å². The largest absolute Gasteiger partial charge is 0.497 e. The maximum absolute atomic E-state index is 14.6. The number of piperidine rings is 1. The molecule has 0 saturated carbocycles. The summed E-state index contributed by atoms with van der Waals surface area (Å²) in [4.78, 5) is 57.7. The lowest BCUT2D eigenvalue weighted by Gasteiger charge is -2.47. The molecule has 1 aromatic heterocycles. The van der Waals surface area contributed by atoms with Gasteiger partial charge in [-0.1, -0.05) is 31.2 Å². The summed E-state index contributed by atoms with van der Waals surface area (Å²) in [7, 11) is 3.09. The fourth-order valence-electron chi connectivity index (χ4n) is 6.97. The van der Waals surface area contributed by atoms with E-state index in [9.17, 15) is 19.2 Å². The first-order valence-corrected chi connectivity index (χ1v) is 14.7. The van der Waals surface area contributed by atoms with Crippen molar-refractivity contribution in [2.24, 2.45) is 11.3 Å². The van der Waals surface area contributed by atoms with Gasteiger partial charge in [-0.15, -0.1) is 0 Å². The molecule has 2 aromatic carbocycles. The minimum absolute atomic E-state index is 0.00574. The Bertz CT molecular complexity index is 1630. The number of urea groups is 1. The van der Waals surface area contributed by atoms with Crippen LogP contribution in [0, 0.1) is 11.3 Å². The van der Waals surface area contributed by atoms with Crippen molar-refractivity contribution in [2.75, 3.05) is 38.8 Å². The third-order valence-electron chi connectivity index (χ3n) is 9.11. The van der Waals surface area contributed by atoms with Crippen molar-refractivity contribution in [3.05, 3.63) is 87.8 Å². The lowest BCUT2D eigenvalue weighted by atomic mass is 9.75. The number of barbiturate groups is 1. The maximum atomic E-state index is 14.6. The van der Waals surface area contributed by atoms with E-state index < -0.39 is 23.3 Å². The number of carbonyl (C=O) groups excluding carboxylic acids is 3. The highest BCUT2D eigenvalue weighted by molar-refractivity contribution is 6.30. The molecule has 0 spiro atoms. The number of ether oxygens (including phenoxy) is 2. The second-order valence-electron chi connectivity index (χ2n) is 11.7. The van der Waals surface area contributed by atoms with E-state index in [4.69, 9.17) is 9.47 Å². The molecule has 6 rings (SSSR count). The number of hydrogen-bond acceptors (Lipinski definition) is 7. The molecule has 43 heavy (non-hydrogen) atoms. The average molecular weight is 585 g/mol. The quantitative estimate of drug-likeness (QED) is 0.405. The number of likely N-dealkylation sites (tertiary alicyclic amines) is 1. The topological polar surface area (TPSA) is 110 Å². The van der Waals surface area contributed by atoms with Gasteiger partial charge in [0.15, 0.2) is 0 Å². The van der Waals surface area contributed by atoms with Gasteiger partial charge in [0.2, 0.25) is 5.91 Å². The average Bonchev–Trinajstić information content (AvgIpc) is 3.01. The highest BCUT2D eigenvalue weighted by Gasteiger charge is 2.56. The molecular formula is C33H36N4O6.